The van der Waals surface area contributed by atoms with Crippen molar-refractivity contribution in [3.05, 3.63) is 70.3 Å². The molecule has 0 bridgehead atoms. The fraction of sp³-hybridized carbons (Fsp3) is 0.167. The molecule has 0 amide bonds. The van der Waals surface area contributed by atoms with E-state index in [1.165, 1.54) is 6.07 Å². The van der Waals surface area contributed by atoms with E-state index in [9.17, 15) is 9.18 Å². The third-order valence-electron chi connectivity index (χ3n) is 3.45. The van der Waals surface area contributed by atoms with Gasteiger partial charge >= 0.3 is 5.97 Å². The fourth-order valence-corrected chi connectivity index (χ4v) is 2.47. The summed E-state index contributed by atoms with van der Waals surface area (Å²) in [5.41, 5.74) is 1.16. The summed E-state index contributed by atoms with van der Waals surface area (Å²) in [6.45, 7) is -0.114. The van der Waals surface area contributed by atoms with E-state index in [1.54, 1.807) is 12.1 Å². The van der Waals surface area contributed by atoms with Crippen LogP contribution in [0.25, 0.3) is 11.4 Å². The molecule has 0 saturated heterocycles. The van der Waals surface area contributed by atoms with Gasteiger partial charge in [-0.15, -0.1) is 0 Å². The highest BCUT2D eigenvalue weighted by Gasteiger charge is 2.12. The lowest BCUT2D eigenvalue weighted by Crippen LogP contribution is -2.07. The molecule has 2 aromatic carbocycles. The summed E-state index contributed by atoms with van der Waals surface area (Å²) in [6.07, 6.45) is 0.343. The highest BCUT2D eigenvalue weighted by atomic mass is 79.9. The lowest BCUT2D eigenvalue weighted by atomic mass is 10.2. The normalized spacial score (nSPS) is 10.6. The number of benzene rings is 2. The number of aryl methyl sites for hydroxylation is 1. The number of nitrogens with zero attached hydrogens (tertiary/aromatic N) is 2. The van der Waals surface area contributed by atoms with E-state index < -0.39 is 11.8 Å². The number of halogens is 2. The van der Waals surface area contributed by atoms with Crippen LogP contribution in [0.1, 0.15) is 17.9 Å². The van der Waals surface area contributed by atoms with Crippen molar-refractivity contribution in [3.8, 4) is 11.4 Å². The quantitative estimate of drug-likeness (QED) is 0.572. The van der Waals surface area contributed by atoms with Gasteiger partial charge in [-0.3, -0.25) is 4.79 Å². The summed E-state index contributed by atoms with van der Waals surface area (Å²) >= 11 is 3.17. The van der Waals surface area contributed by atoms with Gasteiger partial charge < -0.3 is 9.26 Å². The van der Waals surface area contributed by atoms with Crippen LogP contribution < -0.4 is 0 Å². The molecular weight excluding hydrogens is 391 g/mol. The molecular formula is C18H14BrFN2O3. The second-order valence-electron chi connectivity index (χ2n) is 5.27. The molecule has 5 nitrogen and oxygen atoms in total. The maximum absolute atomic E-state index is 13.7. The van der Waals surface area contributed by atoms with E-state index in [0.29, 0.717) is 21.8 Å². The van der Waals surface area contributed by atoms with Crippen LogP contribution in [0.2, 0.25) is 0 Å². The Kier molecular flexibility index (Phi) is 5.55. The number of carbonyl (C=O) groups is 1. The predicted octanol–water partition coefficient (Wildman–Crippen LogP) is 4.31. The van der Waals surface area contributed by atoms with Crippen LogP contribution in [0.15, 0.2) is 57.5 Å². The van der Waals surface area contributed by atoms with Crippen molar-refractivity contribution in [2.24, 2.45) is 0 Å². The molecule has 1 aromatic heterocycles. The topological polar surface area (TPSA) is 65.2 Å². The fourth-order valence-electron chi connectivity index (χ4n) is 2.14. The first kappa shape index (κ1) is 17.3. The molecule has 25 heavy (non-hydrogen) atoms. The molecule has 0 radical (unpaired) electrons. The zero-order valence-corrected chi connectivity index (χ0v) is 14.7. The Balaban J connectivity index is 1.50. The summed E-state index contributed by atoms with van der Waals surface area (Å²) in [6, 6.07) is 14.0. The van der Waals surface area contributed by atoms with Gasteiger partial charge in [0.25, 0.3) is 0 Å². The van der Waals surface area contributed by atoms with Crippen molar-refractivity contribution in [2.75, 3.05) is 0 Å². The summed E-state index contributed by atoms with van der Waals surface area (Å²) in [5, 5.41) is 3.89. The first-order chi connectivity index (χ1) is 12.1. The maximum Gasteiger partial charge on any atom is 0.306 e. The van der Waals surface area contributed by atoms with Crippen molar-refractivity contribution in [2.45, 2.75) is 19.4 Å². The summed E-state index contributed by atoms with van der Waals surface area (Å²) in [7, 11) is 0. The largest absolute Gasteiger partial charge is 0.461 e. The number of ether oxygens (including phenoxy) is 1. The Labute approximate surface area is 151 Å². The minimum atomic E-state index is -0.457. The third-order valence-corrected chi connectivity index (χ3v) is 3.94. The van der Waals surface area contributed by atoms with E-state index in [1.807, 2.05) is 30.3 Å². The average molecular weight is 405 g/mol. The van der Waals surface area contributed by atoms with Gasteiger partial charge in [0.1, 0.15) is 12.4 Å². The standard InChI is InChI=1S/C18H14BrFN2O3/c19-14-7-6-13(15(20)10-14)11-24-17(23)9-8-16-21-18(22-25-16)12-4-2-1-3-5-12/h1-7,10H,8-9,11H2. The Morgan fingerprint density at radius 1 is 1.20 bits per heavy atom. The molecule has 7 heteroatoms. The van der Waals surface area contributed by atoms with Crippen LogP contribution >= 0.6 is 15.9 Å². The Morgan fingerprint density at radius 2 is 2.00 bits per heavy atom. The molecule has 0 atom stereocenters. The zero-order valence-electron chi connectivity index (χ0n) is 13.1. The molecule has 0 saturated carbocycles. The number of aromatic nitrogens is 2. The molecule has 3 aromatic rings. The van der Waals surface area contributed by atoms with E-state index in [2.05, 4.69) is 26.1 Å². The second-order valence-corrected chi connectivity index (χ2v) is 6.19. The minimum Gasteiger partial charge on any atom is -0.461 e. The summed E-state index contributed by atoms with van der Waals surface area (Å²) in [4.78, 5) is 16.0. The number of hydrogen-bond donors (Lipinski definition) is 0. The van der Waals surface area contributed by atoms with Gasteiger partial charge in [-0.25, -0.2) is 4.39 Å². The first-order valence-electron chi connectivity index (χ1n) is 7.59. The van der Waals surface area contributed by atoms with Crippen LogP contribution in [0.3, 0.4) is 0 Å². The van der Waals surface area contributed by atoms with Crippen molar-refractivity contribution in [3.63, 3.8) is 0 Å². The second kappa shape index (κ2) is 8.02. The maximum atomic E-state index is 13.7. The molecule has 0 fully saturated rings. The van der Waals surface area contributed by atoms with Crippen molar-refractivity contribution in [1.29, 1.82) is 0 Å². The lowest BCUT2D eigenvalue weighted by Gasteiger charge is -2.05. The van der Waals surface area contributed by atoms with Gasteiger partial charge in [0.15, 0.2) is 0 Å². The molecule has 0 unspecified atom stereocenters. The Morgan fingerprint density at radius 3 is 2.76 bits per heavy atom. The van der Waals surface area contributed by atoms with Crippen molar-refractivity contribution in [1.82, 2.24) is 10.1 Å². The van der Waals surface area contributed by atoms with Crippen LogP contribution in [-0.2, 0) is 22.6 Å². The molecule has 1 heterocycles. The van der Waals surface area contributed by atoms with Gasteiger partial charge in [0, 0.05) is 22.0 Å². The number of rotatable bonds is 6. The Hall–Kier alpha value is -2.54. The van der Waals surface area contributed by atoms with E-state index in [4.69, 9.17) is 9.26 Å². The smallest absolute Gasteiger partial charge is 0.306 e. The number of carbonyl (C=O) groups excluding carboxylic acids is 1. The molecule has 0 N–H and O–H groups in total. The van der Waals surface area contributed by atoms with Gasteiger partial charge in [-0.1, -0.05) is 57.5 Å². The zero-order chi connectivity index (χ0) is 17.6. The number of hydrogen-bond acceptors (Lipinski definition) is 5. The highest BCUT2D eigenvalue weighted by Crippen LogP contribution is 2.17. The van der Waals surface area contributed by atoms with Gasteiger partial charge in [-0.05, 0) is 12.1 Å². The van der Waals surface area contributed by atoms with Crippen molar-refractivity contribution >= 4 is 21.9 Å². The van der Waals surface area contributed by atoms with Crippen molar-refractivity contribution < 1.29 is 18.4 Å². The molecule has 0 spiro atoms. The van der Waals surface area contributed by atoms with E-state index in [0.717, 1.165) is 5.56 Å². The van der Waals surface area contributed by atoms with Crippen LogP contribution in [0.5, 0.6) is 0 Å². The molecule has 0 aliphatic carbocycles. The predicted molar refractivity (Wildman–Crippen MR) is 92.0 cm³/mol. The van der Waals surface area contributed by atoms with Gasteiger partial charge in [-0.2, -0.15) is 4.98 Å². The molecule has 0 aliphatic heterocycles. The SMILES string of the molecule is O=C(CCc1nc(-c2ccccc2)no1)OCc1ccc(Br)cc1F. The van der Waals surface area contributed by atoms with Crippen LogP contribution in [0, 0.1) is 5.82 Å². The third kappa shape index (κ3) is 4.73. The monoisotopic (exact) mass is 404 g/mol. The summed E-state index contributed by atoms with van der Waals surface area (Å²) < 4.78 is 24.5. The molecule has 0 aliphatic rings. The van der Waals surface area contributed by atoms with Crippen LogP contribution in [-0.4, -0.2) is 16.1 Å². The number of esters is 1. The lowest BCUT2D eigenvalue weighted by molar-refractivity contribution is -0.145. The molecule has 3 rings (SSSR count). The Bertz CT molecular complexity index is 868. The average Bonchev–Trinajstić information content (AvgIpc) is 3.09. The minimum absolute atomic E-state index is 0.0779. The van der Waals surface area contributed by atoms with Gasteiger partial charge in [0.05, 0.1) is 6.42 Å². The summed E-state index contributed by atoms with van der Waals surface area (Å²) in [5.74, 6) is -0.0557. The van der Waals surface area contributed by atoms with E-state index in [-0.39, 0.29) is 19.4 Å². The molecule has 128 valence electrons. The van der Waals surface area contributed by atoms with E-state index >= 15 is 0 Å². The van der Waals surface area contributed by atoms with Gasteiger partial charge in [0.2, 0.25) is 11.7 Å². The van der Waals surface area contributed by atoms with Crippen LogP contribution in [0.4, 0.5) is 4.39 Å². The first-order valence-corrected chi connectivity index (χ1v) is 8.38. The highest BCUT2D eigenvalue weighted by molar-refractivity contribution is 9.10.